The van der Waals surface area contributed by atoms with Crippen molar-refractivity contribution in [2.24, 2.45) is 0 Å². The fourth-order valence-electron chi connectivity index (χ4n) is 2.93. The number of carbonyl (C=O) groups is 1. The quantitative estimate of drug-likeness (QED) is 0.943. The van der Waals surface area contributed by atoms with Crippen LogP contribution in [0.2, 0.25) is 0 Å². The van der Waals surface area contributed by atoms with Crippen LogP contribution in [0.4, 0.5) is 0 Å². The fraction of sp³-hybridized carbons (Fsp3) is 0.278. The molecule has 0 fully saturated rings. The average molecular weight is 296 g/mol. The van der Waals surface area contributed by atoms with Crippen LogP contribution in [0.1, 0.15) is 21.5 Å². The molecule has 0 radical (unpaired) electrons. The molecular formula is C18H20N2O2. The summed E-state index contributed by atoms with van der Waals surface area (Å²) in [7, 11) is 5.76. The predicted octanol–water partition coefficient (Wildman–Crippen LogP) is 2.67. The summed E-state index contributed by atoms with van der Waals surface area (Å²) in [6.45, 7) is 1.41. The molecule has 0 saturated heterocycles. The van der Waals surface area contributed by atoms with Crippen molar-refractivity contribution in [3.05, 3.63) is 53.1 Å². The number of ether oxygens (including phenoxy) is 1. The molecule has 0 aromatic heterocycles. The molecule has 0 saturated carbocycles. The van der Waals surface area contributed by atoms with Crippen LogP contribution in [-0.2, 0) is 13.1 Å². The van der Waals surface area contributed by atoms with Crippen LogP contribution in [0.25, 0.3) is 11.1 Å². The van der Waals surface area contributed by atoms with Crippen LogP contribution in [-0.4, -0.2) is 32.0 Å². The standard InChI is InChI=1S/C18H20N2O2/c1-20(2)11-13-9-12(7-8-17(13)22-3)14-5-4-6-15-16(14)10-19-18(15)21/h4-9H,10-11H2,1-3H3,(H,19,21). The molecule has 4 nitrogen and oxygen atoms in total. The first-order valence-corrected chi connectivity index (χ1v) is 7.32. The largest absolute Gasteiger partial charge is 0.496 e. The molecule has 3 rings (SSSR count). The van der Waals surface area contributed by atoms with Crippen LogP contribution in [0.15, 0.2) is 36.4 Å². The fourth-order valence-corrected chi connectivity index (χ4v) is 2.93. The second-order valence-corrected chi connectivity index (χ2v) is 5.78. The molecule has 2 aromatic carbocycles. The van der Waals surface area contributed by atoms with Crippen molar-refractivity contribution < 1.29 is 9.53 Å². The molecule has 114 valence electrons. The highest BCUT2D eigenvalue weighted by Crippen LogP contribution is 2.32. The first-order valence-electron chi connectivity index (χ1n) is 7.32. The van der Waals surface area contributed by atoms with Gasteiger partial charge < -0.3 is 15.0 Å². The predicted molar refractivity (Wildman–Crippen MR) is 87.0 cm³/mol. The van der Waals surface area contributed by atoms with E-state index in [9.17, 15) is 4.79 Å². The van der Waals surface area contributed by atoms with Crippen LogP contribution in [0.5, 0.6) is 5.75 Å². The molecule has 0 unspecified atom stereocenters. The molecule has 2 aromatic rings. The highest BCUT2D eigenvalue weighted by atomic mass is 16.5. The Balaban J connectivity index is 2.08. The normalized spacial score (nSPS) is 13.2. The van der Waals surface area contributed by atoms with Crippen LogP contribution in [0.3, 0.4) is 0 Å². The van der Waals surface area contributed by atoms with Gasteiger partial charge in [-0.05, 0) is 49.0 Å². The molecule has 0 bridgehead atoms. The summed E-state index contributed by atoms with van der Waals surface area (Å²) in [5.41, 5.74) is 5.22. The van der Waals surface area contributed by atoms with Gasteiger partial charge >= 0.3 is 0 Å². The minimum atomic E-state index is 0.0128. The smallest absolute Gasteiger partial charge is 0.251 e. The second-order valence-electron chi connectivity index (χ2n) is 5.78. The summed E-state index contributed by atoms with van der Waals surface area (Å²) < 4.78 is 5.45. The Hall–Kier alpha value is -2.33. The Morgan fingerprint density at radius 3 is 2.68 bits per heavy atom. The summed E-state index contributed by atoms with van der Waals surface area (Å²) >= 11 is 0. The number of fused-ring (bicyclic) bond motifs is 1. The number of carbonyl (C=O) groups excluding carboxylic acids is 1. The zero-order valence-corrected chi connectivity index (χ0v) is 13.1. The molecule has 1 amide bonds. The van der Waals surface area contributed by atoms with E-state index in [4.69, 9.17) is 4.74 Å². The number of benzene rings is 2. The average Bonchev–Trinajstić information content (AvgIpc) is 2.88. The summed E-state index contributed by atoms with van der Waals surface area (Å²) in [6.07, 6.45) is 0. The Morgan fingerprint density at radius 1 is 1.18 bits per heavy atom. The molecular weight excluding hydrogens is 276 g/mol. The summed E-state index contributed by atoms with van der Waals surface area (Å²) in [4.78, 5) is 13.9. The molecule has 1 heterocycles. The molecule has 1 aliphatic rings. The minimum absolute atomic E-state index is 0.0128. The van der Waals surface area contributed by atoms with Crippen molar-refractivity contribution in [1.82, 2.24) is 10.2 Å². The molecule has 0 spiro atoms. The zero-order chi connectivity index (χ0) is 15.7. The number of nitrogens with zero attached hydrogens (tertiary/aromatic N) is 1. The van der Waals surface area contributed by atoms with Crippen molar-refractivity contribution in [2.45, 2.75) is 13.1 Å². The maximum absolute atomic E-state index is 11.8. The van der Waals surface area contributed by atoms with E-state index in [1.165, 1.54) is 0 Å². The van der Waals surface area contributed by atoms with E-state index in [1.54, 1.807) is 7.11 Å². The number of nitrogens with one attached hydrogen (secondary N) is 1. The molecule has 4 heteroatoms. The molecule has 0 atom stereocenters. The number of rotatable bonds is 4. The first kappa shape index (κ1) is 14.6. The third-order valence-electron chi connectivity index (χ3n) is 3.92. The van der Waals surface area contributed by atoms with Gasteiger partial charge in [0.2, 0.25) is 0 Å². The number of hydrogen-bond acceptors (Lipinski definition) is 3. The first-order chi connectivity index (χ1) is 10.6. The number of amides is 1. The Kier molecular flexibility index (Phi) is 3.86. The van der Waals surface area contributed by atoms with Crippen molar-refractivity contribution in [1.29, 1.82) is 0 Å². The van der Waals surface area contributed by atoms with E-state index in [2.05, 4.69) is 28.4 Å². The minimum Gasteiger partial charge on any atom is -0.496 e. The van der Waals surface area contributed by atoms with E-state index >= 15 is 0 Å². The van der Waals surface area contributed by atoms with E-state index in [0.29, 0.717) is 6.54 Å². The topological polar surface area (TPSA) is 41.6 Å². The SMILES string of the molecule is COc1ccc(-c2cccc3c2CNC3=O)cc1CN(C)C. The molecule has 0 aliphatic carbocycles. The highest BCUT2D eigenvalue weighted by molar-refractivity contribution is 6.00. The molecule has 22 heavy (non-hydrogen) atoms. The highest BCUT2D eigenvalue weighted by Gasteiger charge is 2.22. The lowest BCUT2D eigenvalue weighted by atomic mass is 9.95. The lowest BCUT2D eigenvalue weighted by molar-refractivity contribution is 0.0966. The molecule has 1 N–H and O–H groups in total. The third-order valence-corrected chi connectivity index (χ3v) is 3.92. The summed E-state index contributed by atoms with van der Waals surface area (Å²) in [6, 6.07) is 12.1. The van der Waals surface area contributed by atoms with Crippen molar-refractivity contribution >= 4 is 5.91 Å². The lowest BCUT2D eigenvalue weighted by Gasteiger charge is -2.16. The van der Waals surface area contributed by atoms with Gasteiger partial charge in [-0.15, -0.1) is 0 Å². The zero-order valence-electron chi connectivity index (χ0n) is 13.1. The van der Waals surface area contributed by atoms with Crippen molar-refractivity contribution in [3.63, 3.8) is 0 Å². The van der Waals surface area contributed by atoms with Gasteiger partial charge in [0.25, 0.3) is 5.91 Å². The van der Waals surface area contributed by atoms with Crippen LogP contribution >= 0.6 is 0 Å². The summed E-state index contributed by atoms with van der Waals surface area (Å²) in [5.74, 6) is 0.901. The lowest BCUT2D eigenvalue weighted by Crippen LogP contribution is -2.12. The third kappa shape index (κ3) is 2.57. The maximum atomic E-state index is 11.8. The van der Waals surface area contributed by atoms with Crippen molar-refractivity contribution in [2.75, 3.05) is 21.2 Å². The van der Waals surface area contributed by atoms with Gasteiger partial charge in [-0.25, -0.2) is 0 Å². The van der Waals surface area contributed by atoms with Crippen LogP contribution in [0, 0.1) is 0 Å². The van der Waals surface area contributed by atoms with E-state index < -0.39 is 0 Å². The van der Waals surface area contributed by atoms with Gasteiger partial charge in [0.05, 0.1) is 7.11 Å². The van der Waals surface area contributed by atoms with Gasteiger partial charge in [0.1, 0.15) is 5.75 Å². The number of hydrogen-bond donors (Lipinski definition) is 1. The van der Waals surface area contributed by atoms with E-state index in [1.807, 2.05) is 32.3 Å². The van der Waals surface area contributed by atoms with Gasteiger partial charge in [-0.1, -0.05) is 18.2 Å². The van der Waals surface area contributed by atoms with Crippen LogP contribution < -0.4 is 10.1 Å². The Labute approximate surface area is 130 Å². The van der Waals surface area contributed by atoms with Gasteiger partial charge in [0.15, 0.2) is 0 Å². The van der Waals surface area contributed by atoms with Gasteiger partial charge in [0, 0.05) is 24.2 Å². The van der Waals surface area contributed by atoms with Crippen molar-refractivity contribution in [3.8, 4) is 16.9 Å². The Morgan fingerprint density at radius 2 is 1.95 bits per heavy atom. The van der Waals surface area contributed by atoms with Gasteiger partial charge in [-0.3, -0.25) is 4.79 Å². The summed E-state index contributed by atoms with van der Waals surface area (Å²) in [5, 5.41) is 2.89. The number of methoxy groups -OCH3 is 1. The Bertz CT molecular complexity index is 723. The second kappa shape index (κ2) is 5.81. The van der Waals surface area contributed by atoms with Gasteiger partial charge in [-0.2, -0.15) is 0 Å². The molecule has 1 aliphatic heterocycles. The maximum Gasteiger partial charge on any atom is 0.251 e. The monoisotopic (exact) mass is 296 g/mol. The van der Waals surface area contributed by atoms with E-state index in [0.717, 1.165) is 40.1 Å². The van der Waals surface area contributed by atoms with E-state index in [-0.39, 0.29) is 5.91 Å².